The monoisotopic (exact) mass is 263 g/mol. The number of rotatable bonds is 2. The summed E-state index contributed by atoms with van der Waals surface area (Å²) in [5.41, 5.74) is 3.77. The molecular formula is C14H21N3S. The highest BCUT2D eigenvalue weighted by Gasteiger charge is 2.14. The van der Waals surface area contributed by atoms with E-state index in [9.17, 15) is 0 Å². The van der Waals surface area contributed by atoms with E-state index in [0.717, 1.165) is 37.7 Å². The summed E-state index contributed by atoms with van der Waals surface area (Å²) in [7, 11) is 0. The summed E-state index contributed by atoms with van der Waals surface area (Å²) in [5.74, 6) is 0. The molecule has 0 aliphatic carbocycles. The number of benzene rings is 1. The van der Waals surface area contributed by atoms with Crippen LogP contribution in [0.15, 0.2) is 18.2 Å². The Hall–Kier alpha value is -1.13. The molecule has 0 saturated carbocycles. The number of nitrogens with one attached hydrogen (secondary N) is 2. The third-order valence-corrected chi connectivity index (χ3v) is 3.74. The number of hydrogen-bond donors (Lipinski definition) is 2. The Labute approximate surface area is 115 Å². The second kappa shape index (κ2) is 6.16. The maximum absolute atomic E-state index is 5.51. The summed E-state index contributed by atoms with van der Waals surface area (Å²) in [6, 6.07) is 6.39. The summed E-state index contributed by atoms with van der Waals surface area (Å²) >= 11 is 5.51. The molecule has 0 amide bonds. The van der Waals surface area contributed by atoms with Gasteiger partial charge in [0.15, 0.2) is 5.11 Å². The summed E-state index contributed by atoms with van der Waals surface area (Å²) in [5, 5.41) is 7.62. The van der Waals surface area contributed by atoms with Crippen molar-refractivity contribution in [1.82, 2.24) is 10.2 Å². The quantitative estimate of drug-likeness (QED) is 0.800. The molecule has 4 heteroatoms. The fraction of sp³-hybridized carbons (Fsp3) is 0.500. The number of thiocarbonyl (C=S) groups is 1. The lowest BCUT2D eigenvalue weighted by Gasteiger charge is -2.30. The molecular weight excluding hydrogens is 242 g/mol. The third kappa shape index (κ3) is 3.00. The molecule has 1 heterocycles. The summed E-state index contributed by atoms with van der Waals surface area (Å²) < 4.78 is 0. The van der Waals surface area contributed by atoms with Gasteiger partial charge in [-0.1, -0.05) is 25.1 Å². The molecule has 0 radical (unpaired) electrons. The fourth-order valence-corrected chi connectivity index (χ4v) is 2.54. The number of aryl methyl sites for hydroxylation is 2. The molecule has 0 unspecified atom stereocenters. The minimum absolute atomic E-state index is 0.848. The molecule has 0 aromatic heterocycles. The van der Waals surface area contributed by atoms with Gasteiger partial charge in [0.2, 0.25) is 0 Å². The summed E-state index contributed by atoms with van der Waals surface area (Å²) in [6.45, 7) is 8.29. The van der Waals surface area contributed by atoms with Crippen molar-refractivity contribution >= 4 is 23.0 Å². The van der Waals surface area contributed by atoms with E-state index in [1.165, 1.54) is 16.8 Å². The van der Waals surface area contributed by atoms with Gasteiger partial charge in [-0.2, -0.15) is 0 Å². The van der Waals surface area contributed by atoms with Crippen LogP contribution >= 0.6 is 12.2 Å². The second-order valence-electron chi connectivity index (χ2n) is 4.63. The smallest absolute Gasteiger partial charge is 0.173 e. The minimum Gasteiger partial charge on any atom is -0.346 e. The highest BCUT2D eigenvalue weighted by Crippen LogP contribution is 2.21. The molecule has 0 atom stereocenters. The number of para-hydroxylation sites is 1. The van der Waals surface area contributed by atoms with Crippen LogP contribution in [0.25, 0.3) is 0 Å². The van der Waals surface area contributed by atoms with E-state index in [1.807, 2.05) is 0 Å². The summed E-state index contributed by atoms with van der Waals surface area (Å²) in [6.07, 6.45) is 1.02. The van der Waals surface area contributed by atoms with Crippen molar-refractivity contribution in [3.05, 3.63) is 29.3 Å². The molecule has 2 N–H and O–H groups in total. The van der Waals surface area contributed by atoms with Crippen LogP contribution in [0.2, 0.25) is 0 Å². The van der Waals surface area contributed by atoms with Crippen molar-refractivity contribution in [1.29, 1.82) is 0 Å². The van der Waals surface area contributed by atoms with Gasteiger partial charge >= 0.3 is 0 Å². The van der Waals surface area contributed by atoms with E-state index in [1.54, 1.807) is 0 Å². The average Bonchev–Trinajstić information content (AvgIpc) is 2.42. The molecule has 18 heavy (non-hydrogen) atoms. The van der Waals surface area contributed by atoms with Gasteiger partial charge in [-0.15, -0.1) is 0 Å². The highest BCUT2D eigenvalue weighted by molar-refractivity contribution is 7.80. The van der Waals surface area contributed by atoms with E-state index in [0.29, 0.717) is 0 Å². The van der Waals surface area contributed by atoms with Crippen LogP contribution in [-0.2, 0) is 6.42 Å². The van der Waals surface area contributed by atoms with Gasteiger partial charge in [0.25, 0.3) is 0 Å². The Morgan fingerprint density at radius 3 is 2.78 bits per heavy atom. The van der Waals surface area contributed by atoms with Crippen LogP contribution in [0, 0.1) is 6.92 Å². The highest BCUT2D eigenvalue weighted by atomic mass is 32.1. The first kappa shape index (κ1) is 13.3. The molecule has 3 nitrogen and oxygen atoms in total. The lowest BCUT2D eigenvalue weighted by atomic mass is 10.1. The predicted octanol–water partition coefficient (Wildman–Crippen LogP) is 2.16. The van der Waals surface area contributed by atoms with E-state index in [2.05, 4.69) is 47.6 Å². The molecule has 2 rings (SSSR count). The maximum atomic E-state index is 5.51. The Kier molecular flexibility index (Phi) is 4.55. The van der Waals surface area contributed by atoms with Gasteiger partial charge < -0.3 is 15.5 Å². The van der Waals surface area contributed by atoms with E-state index in [-0.39, 0.29) is 0 Å². The largest absolute Gasteiger partial charge is 0.346 e. The molecule has 0 bridgehead atoms. The zero-order chi connectivity index (χ0) is 13.0. The zero-order valence-electron chi connectivity index (χ0n) is 11.1. The fourth-order valence-electron chi connectivity index (χ4n) is 2.26. The first-order valence-corrected chi connectivity index (χ1v) is 6.98. The normalized spacial score (nSPS) is 15.6. The van der Waals surface area contributed by atoms with Crippen LogP contribution in [0.3, 0.4) is 0 Å². The predicted molar refractivity (Wildman–Crippen MR) is 81.2 cm³/mol. The zero-order valence-corrected chi connectivity index (χ0v) is 11.9. The standard InChI is InChI=1S/C14H21N3S/c1-3-12-6-4-5-11(2)13(12)16-14(18)17-9-7-15-8-10-17/h4-6,15H,3,7-10H2,1-2H3,(H,16,18). The van der Waals surface area contributed by atoms with Crippen molar-refractivity contribution in [2.75, 3.05) is 31.5 Å². The molecule has 98 valence electrons. The molecule has 1 fully saturated rings. The molecule has 1 aliphatic heterocycles. The molecule has 1 saturated heterocycles. The Morgan fingerprint density at radius 1 is 1.39 bits per heavy atom. The van der Waals surface area contributed by atoms with Crippen LogP contribution < -0.4 is 10.6 Å². The Balaban J connectivity index is 2.10. The maximum Gasteiger partial charge on any atom is 0.173 e. The van der Waals surface area contributed by atoms with Gasteiger partial charge in [0, 0.05) is 31.9 Å². The van der Waals surface area contributed by atoms with E-state index < -0.39 is 0 Å². The SMILES string of the molecule is CCc1cccc(C)c1NC(=S)N1CCNCC1. The van der Waals surface area contributed by atoms with Crippen LogP contribution in [0.4, 0.5) is 5.69 Å². The lowest BCUT2D eigenvalue weighted by Crippen LogP contribution is -2.48. The summed E-state index contributed by atoms with van der Waals surface area (Å²) in [4.78, 5) is 2.23. The van der Waals surface area contributed by atoms with Crippen molar-refractivity contribution < 1.29 is 0 Å². The molecule has 0 spiro atoms. The van der Waals surface area contributed by atoms with Crippen molar-refractivity contribution in [3.63, 3.8) is 0 Å². The van der Waals surface area contributed by atoms with Gasteiger partial charge in [-0.05, 0) is 36.7 Å². The average molecular weight is 263 g/mol. The third-order valence-electron chi connectivity index (χ3n) is 3.38. The second-order valence-corrected chi connectivity index (χ2v) is 5.02. The van der Waals surface area contributed by atoms with E-state index in [4.69, 9.17) is 12.2 Å². The van der Waals surface area contributed by atoms with Crippen molar-refractivity contribution in [3.8, 4) is 0 Å². The number of nitrogens with zero attached hydrogens (tertiary/aromatic N) is 1. The topological polar surface area (TPSA) is 27.3 Å². The first-order chi connectivity index (χ1) is 8.72. The number of hydrogen-bond acceptors (Lipinski definition) is 2. The lowest BCUT2D eigenvalue weighted by molar-refractivity contribution is 0.362. The molecule has 1 aliphatic rings. The van der Waals surface area contributed by atoms with Gasteiger partial charge in [0.05, 0.1) is 0 Å². The van der Waals surface area contributed by atoms with Crippen LogP contribution in [-0.4, -0.2) is 36.2 Å². The van der Waals surface area contributed by atoms with Crippen molar-refractivity contribution in [2.45, 2.75) is 20.3 Å². The van der Waals surface area contributed by atoms with Gasteiger partial charge in [0.1, 0.15) is 0 Å². The Bertz CT molecular complexity index is 425. The van der Waals surface area contributed by atoms with Crippen LogP contribution in [0.1, 0.15) is 18.1 Å². The number of anilines is 1. The number of piperazine rings is 1. The van der Waals surface area contributed by atoms with E-state index >= 15 is 0 Å². The van der Waals surface area contributed by atoms with Gasteiger partial charge in [-0.3, -0.25) is 0 Å². The molecule has 1 aromatic carbocycles. The van der Waals surface area contributed by atoms with Gasteiger partial charge in [-0.25, -0.2) is 0 Å². The first-order valence-electron chi connectivity index (χ1n) is 6.57. The van der Waals surface area contributed by atoms with Crippen molar-refractivity contribution in [2.24, 2.45) is 0 Å². The van der Waals surface area contributed by atoms with Crippen LogP contribution in [0.5, 0.6) is 0 Å². The molecule has 1 aromatic rings. The minimum atomic E-state index is 0.848. The Morgan fingerprint density at radius 2 is 2.11 bits per heavy atom.